The predicted octanol–water partition coefficient (Wildman–Crippen LogP) is 2.13. The van der Waals surface area contributed by atoms with E-state index in [1.807, 2.05) is 32.0 Å². The zero-order valence-electron chi connectivity index (χ0n) is 13.6. The fourth-order valence-electron chi connectivity index (χ4n) is 2.08. The number of carbonyl (C=O) groups excluding carboxylic acids is 1. The molecule has 1 amide bonds. The van der Waals surface area contributed by atoms with Crippen molar-refractivity contribution in [2.24, 2.45) is 15.7 Å². The highest BCUT2D eigenvalue weighted by Crippen LogP contribution is 2.20. The van der Waals surface area contributed by atoms with Gasteiger partial charge in [0.2, 0.25) is 5.91 Å². The molecule has 6 nitrogen and oxygen atoms in total. The van der Waals surface area contributed by atoms with Crippen molar-refractivity contribution in [3.63, 3.8) is 0 Å². The second kappa shape index (κ2) is 6.91. The lowest BCUT2D eigenvalue weighted by Crippen LogP contribution is -2.41. The summed E-state index contributed by atoms with van der Waals surface area (Å²) in [6.07, 6.45) is 3.15. The van der Waals surface area contributed by atoms with Gasteiger partial charge in [-0.25, -0.2) is 9.98 Å². The van der Waals surface area contributed by atoms with Gasteiger partial charge in [0.1, 0.15) is 6.34 Å². The van der Waals surface area contributed by atoms with Crippen LogP contribution in [0.4, 0.5) is 5.69 Å². The van der Waals surface area contributed by atoms with Crippen LogP contribution in [0.2, 0.25) is 0 Å². The van der Waals surface area contributed by atoms with E-state index in [9.17, 15) is 4.79 Å². The minimum absolute atomic E-state index is 0.360. The van der Waals surface area contributed by atoms with Gasteiger partial charge in [-0.1, -0.05) is 18.7 Å². The third-order valence-corrected chi connectivity index (χ3v) is 3.37. The molecule has 1 aliphatic heterocycles. The van der Waals surface area contributed by atoms with Crippen molar-refractivity contribution >= 4 is 23.8 Å². The minimum Gasteiger partial charge on any atom is -0.366 e. The molecule has 1 heterocycles. The molecule has 6 heteroatoms. The van der Waals surface area contributed by atoms with Crippen molar-refractivity contribution in [1.82, 2.24) is 10.4 Å². The van der Waals surface area contributed by atoms with Gasteiger partial charge < -0.3 is 5.73 Å². The highest BCUT2D eigenvalue weighted by molar-refractivity contribution is 5.97. The SMILES string of the molecule is C=C(C)/C(=C\N1CC(=Nc2cc(C)ccc2C)N=CN1)C(N)=O. The lowest BCUT2D eigenvalue weighted by molar-refractivity contribution is -0.114. The van der Waals surface area contributed by atoms with Crippen LogP contribution in [0.25, 0.3) is 0 Å². The number of nitrogens with zero attached hydrogens (tertiary/aromatic N) is 3. The third-order valence-electron chi connectivity index (χ3n) is 3.37. The van der Waals surface area contributed by atoms with Crippen LogP contribution >= 0.6 is 0 Å². The van der Waals surface area contributed by atoms with Crippen molar-refractivity contribution in [2.45, 2.75) is 20.8 Å². The van der Waals surface area contributed by atoms with E-state index in [1.54, 1.807) is 18.1 Å². The summed E-state index contributed by atoms with van der Waals surface area (Å²) in [6.45, 7) is 9.94. The quantitative estimate of drug-likeness (QED) is 0.660. The van der Waals surface area contributed by atoms with E-state index >= 15 is 0 Å². The summed E-state index contributed by atoms with van der Waals surface area (Å²) >= 11 is 0. The zero-order valence-corrected chi connectivity index (χ0v) is 13.6. The van der Waals surface area contributed by atoms with Gasteiger partial charge in [0.05, 0.1) is 17.8 Å². The van der Waals surface area contributed by atoms with Crippen LogP contribution < -0.4 is 11.2 Å². The maximum Gasteiger partial charge on any atom is 0.250 e. The van der Waals surface area contributed by atoms with Crippen molar-refractivity contribution in [2.75, 3.05) is 6.54 Å². The summed E-state index contributed by atoms with van der Waals surface area (Å²) in [5.74, 6) is 0.120. The number of hydrazine groups is 1. The normalized spacial score (nSPS) is 16.4. The number of aliphatic imine (C=N–C) groups is 2. The highest BCUT2D eigenvalue weighted by atomic mass is 16.1. The molecule has 0 bridgehead atoms. The highest BCUT2D eigenvalue weighted by Gasteiger charge is 2.13. The van der Waals surface area contributed by atoms with Crippen LogP contribution in [-0.2, 0) is 4.79 Å². The second-order valence-electron chi connectivity index (χ2n) is 5.52. The third kappa shape index (κ3) is 4.29. The van der Waals surface area contributed by atoms with Gasteiger partial charge in [-0.2, -0.15) is 0 Å². The smallest absolute Gasteiger partial charge is 0.250 e. The Morgan fingerprint density at radius 2 is 2.22 bits per heavy atom. The molecule has 0 fully saturated rings. The molecule has 0 unspecified atom stereocenters. The average molecular weight is 311 g/mol. The molecule has 1 aromatic rings. The molecule has 0 radical (unpaired) electrons. The molecular weight excluding hydrogens is 290 g/mol. The van der Waals surface area contributed by atoms with Crippen molar-refractivity contribution in [1.29, 1.82) is 0 Å². The summed E-state index contributed by atoms with van der Waals surface area (Å²) in [7, 11) is 0. The molecule has 1 aromatic carbocycles. The first kappa shape index (κ1) is 16.5. The van der Waals surface area contributed by atoms with E-state index in [0.29, 0.717) is 23.5 Å². The number of carbonyl (C=O) groups is 1. The fourth-order valence-corrected chi connectivity index (χ4v) is 2.08. The van der Waals surface area contributed by atoms with Crippen LogP contribution in [0, 0.1) is 13.8 Å². The molecule has 23 heavy (non-hydrogen) atoms. The first-order valence-corrected chi connectivity index (χ1v) is 7.24. The molecule has 0 saturated heterocycles. The van der Waals surface area contributed by atoms with Gasteiger partial charge in [-0.15, -0.1) is 0 Å². The monoisotopic (exact) mass is 311 g/mol. The zero-order chi connectivity index (χ0) is 17.0. The van der Waals surface area contributed by atoms with E-state index < -0.39 is 5.91 Å². The van der Waals surface area contributed by atoms with E-state index in [4.69, 9.17) is 5.73 Å². The Labute approximate surface area is 136 Å². The summed E-state index contributed by atoms with van der Waals surface area (Å²) in [5.41, 5.74) is 12.4. The minimum atomic E-state index is -0.519. The van der Waals surface area contributed by atoms with E-state index in [2.05, 4.69) is 22.0 Å². The van der Waals surface area contributed by atoms with Crippen LogP contribution in [0.1, 0.15) is 18.1 Å². The Kier molecular flexibility index (Phi) is 4.95. The topological polar surface area (TPSA) is 83.1 Å². The number of amidine groups is 1. The molecule has 0 aromatic heterocycles. The molecule has 0 atom stereocenters. The van der Waals surface area contributed by atoms with Crippen molar-refractivity contribution in [3.05, 3.63) is 53.3 Å². The molecule has 1 aliphatic rings. The first-order valence-electron chi connectivity index (χ1n) is 7.24. The lowest BCUT2D eigenvalue weighted by Gasteiger charge is -2.24. The van der Waals surface area contributed by atoms with Gasteiger partial charge in [0.25, 0.3) is 0 Å². The molecule has 3 N–H and O–H groups in total. The molecule has 0 aliphatic carbocycles. The summed E-state index contributed by atoms with van der Waals surface area (Å²) in [6, 6.07) is 6.10. The van der Waals surface area contributed by atoms with Crippen molar-refractivity contribution in [3.8, 4) is 0 Å². The Morgan fingerprint density at radius 1 is 1.48 bits per heavy atom. The maximum absolute atomic E-state index is 11.4. The average Bonchev–Trinajstić information content (AvgIpc) is 2.48. The van der Waals surface area contributed by atoms with Crippen LogP contribution in [0.15, 0.2) is 52.1 Å². The molecule has 0 saturated carbocycles. The number of hydrogen-bond acceptors (Lipinski definition) is 4. The molecular formula is C17H21N5O. The van der Waals surface area contributed by atoms with Crippen LogP contribution in [-0.4, -0.2) is 29.6 Å². The number of nitrogens with one attached hydrogen (secondary N) is 1. The summed E-state index contributed by atoms with van der Waals surface area (Å²) in [4.78, 5) is 20.3. The Hall–Kier alpha value is -2.89. The van der Waals surface area contributed by atoms with Gasteiger partial charge in [0, 0.05) is 6.20 Å². The number of rotatable bonds is 4. The molecule has 2 rings (SSSR count). The standard InChI is InChI=1S/C17H21N5O/c1-11(2)14(17(18)23)8-22-9-16(19-10-20-22)21-15-7-12(3)5-6-13(15)4/h5-8,10H,1,9H2,2-4H3,(H2,18,23)(H,19,20,21)/b14-8+. The largest absolute Gasteiger partial charge is 0.366 e. The van der Waals surface area contributed by atoms with Crippen LogP contribution in [0.5, 0.6) is 0 Å². The predicted molar refractivity (Wildman–Crippen MR) is 93.4 cm³/mol. The lowest BCUT2D eigenvalue weighted by atomic mass is 10.1. The van der Waals surface area contributed by atoms with Gasteiger partial charge >= 0.3 is 0 Å². The number of amides is 1. The molecule has 0 spiro atoms. The van der Waals surface area contributed by atoms with E-state index in [0.717, 1.165) is 16.8 Å². The Bertz CT molecular complexity index is 714. The summed E-state index contributed by atoms with van der Waals surface area (Å²) < 4.78 is 0. The van der Waals surface area contributed by atoms with Gasteiger partial charge in [0.15, 0.2) is 5.84 Å². The Morgan fingerprint density at radius 3 is 2.87 bits per heavy atom. The van der Waals surface area contributed by atoms with Gasteiger partial charge in [-0.3, -0.25) is 15.2 Å². The fraction of sp³-hybridized carbons (Fsp3) is 0.235. The number of benzene rings is 1. The number of primary amides is 1. The maximum atomic E-state index is 11.4. The number of aryl methyl sites for hydroxylation is 2. The van der Waals surface area contributed by atoms with Gasteiger partial charge in [-0.05, 0) is 43.5 Å². The van der Waals surface area contributed by atoms with E-state index in [-0.39, 0.29) is 0 Å². The Balaban J connectivity index is 2.26. The first-order chi connectivity index (χ1) is 10.9. The number of hydrogen-bond donors (Lipinski definition) is 2. The second-order valence-corrected chi connectivity index (χ2v) is 5.52. The summed E-state index contributed by atoms with van der Waals surface area (Å²) in [5, 5.41) is 1.70. The van der Waals surface area contributed by atoms with Crippen molar-refractivity contribution < 1.29 is 4.79 Å². The number of nitrogens with two attached hydrogens (primary N) is 1. The molecule has 120 valence electrons. The van der Waals surface area contributed by atoms with E-state index in [1.165, 1.54) is 6.34 Å². The van der Waals surface area contributed by atoms with Crippen LogP contribution in [0.3, 0.4) is 0 Å².